The fraction of sp³-hybridized carbons (Fsp3) is 0.250. The molecule has 3 aromatic rings. The second-order valence-electron chi connectivity index (χ2n) is 5.79. The van der Waals surface area contributed by atoms with E-state index in [1.54, 1.807) is 11.8 Å². The molecule has 0 radical (unpaired) electrons. The second-order valence-corrected chi connectivity index (χ2v) is 6.71. The van der Waals surface area contributed by atoms with Gasteiger partial charge in [0.2, 0.25) is 0 Å². The van der Waals surface area contributed by atoms with E-state index in [9.17, 15) is 9.59 Å². The highest BCUT2D eigenvalue weighted by atomic mass is 32.2. The van der Waals surface area contributed by atoms with Gasteiger partial charge in [0.25, 0.3) is 11.1 Å². The van der Waals surface area contributed by atoms with Crippen LogP contribution in [0.5, 0.6) is 0 Å². The highest BCUT2D eigenvalue weighted by molar-refractivity contribution is 7.99. The lowest BCUT2D eigenvalue weighted by atomic mass is 10.2. The Labute approximate surface area is 161 Å². The van der Waals surface area contributed by atoms with Crippen molar-refractivity contribution in [3.63, 3.8) is 0 Å². The number of nitrogens with zero attached hydrogens (tertiary/aromatic N) is 2. The molecule has 0 N–H and O–H groups in total. The Bertz CT molecular complexity index is 893. The number of ether oxygens (including phenoxy) is 1. The van der Waals surface area contributed by atoms with E-state index < -0.39 is 12.1 Å². The predicted octanol–water partition coefficient (Wildman–Crippen LogP) is 3.90. The summed E-state index contributed by atoms with van der Waals surface area (Å²) in [6.07, 6.45) is -0.873. The van der Waals surface area contributed by atoms with E-state index in [1.807, 2.05) is 61.5 Å². The van der Waals surface area contributed by atoms with Gasteiger partial charge in [-0.15, -0.1) is 0 Å². The van der Waals surface area contributed by atoms with Crippen LogP contribution in [0.1, 0.15) is 13.8 Å². The van der Waals surface area contributed by atoms with Crippen LogP contribution in [0.15, 0.2) is 64.2 Å². The maximum atomic E-state index is 12.6. The first kappa shape index (κ1) is 19.0. The Hall–Kier alpha value is -2.80. The van der Waals surface area contributed by atoms with Crippen LogP contribution in [0.3, 0.4) is 0 Å². The van der Waals surface area contributed by atoms with Gasteiger partial charge in [0.1, 0.15) is 11.3 Å². The summed E-state index contributed by atoms with van der Waals surface area (Å²) in [5.41, 5.74) is 2.17. The molecule has 0 aliphatic heterocycles. The molecule has 27 heavy (non-hydrogen) atoms. The van der Waals surface area contributed by atoms with Gasteiger partial charge >= 0.3 is 5.97 Å². The quantitative estimate of drug-likeness (QED) is 0.454. The van der Waals surface area contributed by atoms with Crippen LogP contribution in [0.2, 0.25) is 0 Å². The van der Waals surface area contributed by atoms with E-state index in [2.05, 4.69) is 4.98 Å². The van der Waals surface area contributed by atoms with Gasteiger partial charge < -0.3 is 14.1 Å². The van der Waals surface area contributed by atoms with E-state index in [4.69, 9.17) is 9.15 Å². The lowest BCUT2D eigenvalue weighted by Gasteiger charge is -2.24. The molecule has 7 heteroatoms. The Morgan fingerprint density at radius 2 is 1.85 bits per heavy atom. The van der Waals surface area contributed by atoms with Gasteiger partial charge in [-0.1, -0.05) is 42.1 Å². The average molecular weight is 384 g/mol. The van der Waals surface area contributed by atoms with Crippen LogP contribution in [0, 0.1) is 0 Å². The third-order valence-corrected chi connectivity index (χ3v) is 4.70. The predicted molar refractivity (Wildman–Crippen MR) is 105 cm³/mol. The molecule has 0 bridgehead atoms. The summed E-state index contributed by atoms with van der Waals surface area (Å²) in [6, 6.07) is 16.7. The van der Waals surface area contributed by atoms with Gasteiger partial charge in [-0.05, 0) is 38.1 Å². The molecule has 0 aliphatic carbocycles. The fourth-order valence-corrected chi connectivity index (χ4v) is 3.23. The van der Waals surface area contributed by atoms with E-state index in [1.165, 1.54) is 0 Å². The van der Waals surface area contributed by atoms with Gasteiger partial charge in [0.05, 0.1) is 0 Å². The highest BCUT2D eigenvalue weighted by Gasteiger charge is 2.24. The molecule has 0 aliphatic rings. The summed E-state index contributed by atoms with van der Waals surface area (Å²) in [5, 5.41) is 0.395. The van der Waals surface area contributed by atoms with Crippen LogP contribution in [-0.4, -0.2) is 35.3 Å². The highest BCUT2D eigenvalue weighted by Crippen LogP contribution is 2.23. The Morgan fingerprint density at radius 3 is 2.56 bits per heavy atom. The third-order valence-electron chi connectivity index (χ3n) is 3.89. The number of hydrogen-bond acceptors (Lipinski definition) is 6. The molecule has 1 atom stereocenters. The van der Waals surface area contributed by atoms with Crippen LogP contribution >= 0.6 is 11.8 Å². The number of anilines is 1. The average Bonchev–Trinajstić information content (AvgIpc) is 3.10. The molecule has 1 heterocycles. The first-order valence-electron chi connectivity index (χ1n) is 8.62. The monoisotopic (exact) mass is 384 g/mol. The van der Waals surface area contributed by atoms with Crippen LogP contribution in [0.4, 0.5) is 5.69 Å². The number of carbonyl (C=O) groups is 2. The Kier molecular flexibility index (Phi) is 6.13. The van der Waals surface area contributed by atoms with Crippen molar-refractivity contribution >= 4 is 40.4 Å². The molecule has 0 spiro atoms. The molecule has 0 unspecified atom stereocenters. The minimum Gasteiger partial charge on any atom is -0.452 e. The van der Waals surface area contributed by atoms with Crippen molar-refractivity contribution in [2.45, 2.75) is 25.2 Å². The first-order chi connectivity index (χ1) is 13.1. The first-order valence-corrected chi connectivity index (χ1v) is 9.61. The zero-order valence-electron chi connectivity index (χ0n) is 15.1. The zero-order chi connectivity index (χ0) is 19.2. The lowest BCUT2D eigenvalue weighted by molar-refractivity contribution is -0.151. The van der Waals surface area contributed by atoms with Crippen molar-refractivity contribution in [1.82, 2.24) is 4.98 Å². The zero-order valence-corrected chi connectivity index (χ0v) is 15.9. The van der Waals surface area contributed by atoms with Crippen LogP contribution < -0.4 is 4.90 Å². The number of rotatable bonds is 7. The molecule has 2 aromatic carbocycles. The number of esters is 1. The Balaban J connectivity index is 1.55. The lowest BCUT2D eigenvalue weighted by Crippen LogP contribution is -2.40. The summed E-state index contributed by atoms with van der Waals surface area (Å²) in [7, 11) is 0. The molecule has 140 valence electrons. The SMILES string of the molecule is CCN(C(=O)[C@H](C)OC(=O)CSc1nc2ccccc2o1)c1ccccc1. The molecular formula is C20H20N2O4S. The molecular weight excluding hydrogens is 364 g/mol. The number of amides is 1. The topological polar surface area (TPSA) is 72.6 Å². The summed E-state index contributed by atoms with van der Waals surface area (Å²) in [4.78, 5) is 30.6. The van der Waals surface area contributed by atoms with Gasteiger partial charge in [0, 0.05) is 12.2 Å². The number of para-hydroxylation sites is 3. The van der Waals surface area contributed by atoms with Crippen molar-refractivity contribution < 1.29 is 18.7 Å². The molecule has 1 amide bonds. The number of fused-ring (bicyclic) bond motifs is 1. The number of likely N-dealkylation sites (N-methyl/N-ethyl adjacent to an activating group) is 1. The van der Waals surface area contributed by atoms with Crippen molar-refractivity contribution in [1.29, 1.82) is 0 Å². The number of benzene rings is 2. The van der Waals surface area contributed by atoms with E-state index in [0.29, 0.717) is 17.4 Å². The number of aromatic nitrogens is 1. The molecule has 0 fully saturated rings. The molecule has 1 aromatic heterocycles. The largest absolute Gasteiger partial charge is 0.452 e. The third kappa shape index (κ3) is 4.68. The van der Waals surface area contributed by atoms with Crippen LogP contribution in [-0.2, 0) is 14.3 Å². The van der Waals surface area contributed by atoms with Crippen molar-refractivity contribution in [2.75, 3.05) is 17.2 Å². The van der Waals surface area contributed by atoms with Crippen molar-refractivity contribution in [2.24, 2.45) is 0 Å². The molecule has 3 rings (SSSR count). The summed E-state index contributed by atoms with van der Waals surface area (Å²) >= 11 is 1.14. The fourth-order valence-electron chi connectivity index (χ4n) is 2.61. The minimum atomic E-state index is -0.873. The van der Waals surface area contributed by atoms with Crippen LogP contribution in [0.25, 0.3) is 11.1 Å². The van der Waals surface area contributed by atoms with Gasteiger partial charge in [-0.25, -0.2) is 4.98 Å². The van der Waals surface area contributed by atoms with Gasteiger partial charge in [-0.2, -0.15) is 0 Å². The van der Waals surface area contributed by atoms with Gasteiger partial charge in [-0.3, -0.25) is 9.59 Å². The normalized spacial score (nSPS) is 11.9. The van der Waals surface area contributed by atoms with E-state index in [-0.39, 0.29) is 11.7 Å². The number of oxazole rings is 1. The number of carbonyl (C=O) groups excluding carboxylic acids is 2. The van der Waals surface area contributed by atoms with Crippen molar-refractivity contribution in [3.05, 3.63) is 54.6 Å². The maximum Gasteiger partial charge on any atom is 0.317 e. The standard InChI is InChI=1S/C20H20N2O4S/c1-3-22(15-9-5-4-6-10-15)19(24)14(2)25-18(23)13-27-20-21-16-11-7-8-12-17(16)26-20/h4-12,14H,3,13H2,1-2H3/t14-/m0/s1. The number of hydrogen-bond donors (Lipinski definition) is 0. The molecule has 6 nitrogen and oxygen atoms in total. The second kappa shape index (κ2) is 8.73. The smallest absolute Gasteiger partial charge is 0.317 e. The summed E-state index contributed by atoms with van der Waals surface area (Å²) in [6.45, 7) is 3.95. The van der Waals surface area contributed by atoms with Gasteiger partial charge in [0.15, 0.2) is 11.7 Å². The molecule has 0 saturated heterocycles. The van der Waals surface area contributed by atoms with E-state index >= 15 is 0 Å². The summed E-state index contributed by atoms with van der Waals surface area (Å²) < 4.78 is 10.8. The maximum absolute atomic E-state index is 12.6. The van der Waals surface area contributed by atoms with E-state index in [0.717, 1.165) is 23.0 Å². The van der Waals surface area contributed by atoms with Crippen molar-refractivity contribution in [3.8, 4) is 0 Å². The summed E-state index contributed by atoms with van der Waals surface area (Å²) in [5.74, 6) is -0.738. The Morgan fingerprint density at radius 1 is 1.15 bits per heavy atom. The minimum absolute atomic E-state index is 0.0158. The number of thioether (sulfide) groups is 1. The molecule has 0 saturated carbocycles.